The Labute approximate surface area is 247 Å². The molecule has 3 heterocycles. The highest BCUT2D eigenvalue weighted by atomic mass is 32.2. The van der Waals surface area contributed by atoms with E-state index in [1.807, 2.05) is 6.07 Å². The molecule has 1 aliphatic heterocycles. The standard InChI is InChI=1S/C28H26N6O7S2/c1-2-21(24(35)28-32-25(33-41-28)18-10-4-3-5-11-18)31-27(36)22(17-42(37,38)16-19-12-8-9-15-29-19)30-26-20-13-6-7-14-23(20)43(39,40)34-26/h3-15,21-22H,2,16-17H2,1H3,(H,30,34)(H,31,36)/t21-,22-/m0/s1. The van der Waals surface area contributed by atoms with Crippen molar-refractivity contribution in [2.45, 2.75) is 36.1 Å². The number of aromatic nitrogens is 3. The summed E-state index contributed by atoms with van der Waals surface area (Å²) in [6.45, 7) is 1.64. The Hall–Kier alpha value is -4.76. The van der Waals surface area contributed by atoms with Gasteiger partial charge in [0, 0.05) is 17.3 Å². The van der Waals surface area contributed by atoms with Gasteiger partial charge in [0.15, 0.2) is 9.84 Å². The normalized spacial score (nSPS) is 16.2. The van der Waals surface area contributed by atoms with Crippen LogP contribution in [0.2, 0.25) is 0 Å². The quantitative estimate of drug-likeness (QED) is 0.234. The topological polar surface area (TPSA) is 191 Å². The molecule has 2 aromatic carbocycles. The van der Waals surface area contributed by atoms with Gasteiger partial charge in [-0.15, -0.1) is 0 Å². The molecular formula is C28H26N6O7S2. The number of sulfone groups is 1. The highest BCUT2D eigenvalue weighted by Crippen LogP contribution is 2.23. The summed E-state index contributed by atoms with van der Waals surface area (Å²) in [4.78, 5) is 39.2. The van der Waals surface area contributed by atoms with Gasteiger partial charge in [-0.1, -0.05) is 60.6 Å². The van der Waals surface area contributed by atoms with Crippen LogP contribution >= 0.6 is 0 Å². The summed E-state index contributed by atoms with van der Waals surface area (Å²) in [5.41, 5.74) is 1.06. The van der Waals surface area contributed by atoms with Crippen molar-refractivity contribution >= 4 is 37.4 Å². The van der Waals surface area contributed by atoms with Gasteiger partial charge in [-0.2, -0.15) is 4.98 Å². The Kier molecular flexibility index (Phi) is 8.45. The third-order valence-corrected chi connectivity index (χ3v) is 9.42. The Morgan fingerprint density at radius 1 is 1.02 bits per heavy atom. The molecule has 0 radical (unpaired) electrons. The minimum absolute atomic E-state index is 0.0588. The van der Waals surface area contributed by atoms with Gasteiger partial charge in [-0.25, -0.2) is 16.8 Å². The average Bonchev–Trinajstić information content (AvgIpc) is 3.59. The third-order valence-electron chi connectivity index (χ3n) is 6.47. The predicted molar refractivity (Wildman–Crippen MR) is 155 cm³/mol. The largest absolute Gasteiger partial charge is 0.344 e. The molecule has 2 N–H and O–H groups in total. The first-order valence-electron chi connectivity index (χ1n) is 13.1. The molecule has 0 unspecified atom stereocenters. The summed E-state index contributed by atoms with van der Waals surface area (Å²) < 4.78 is 59.1. The number of hydrogen-bond donors (Lipinski definition) is 2. The fraction of sp³-hybridized carbons (Fsp3) is 0.214. The average molecular weight is 623 g/mol. The van der Waals surface area contributed by atoms with E-state index < -0.39 is 55.1 Å². The molecule has 0 spiro atoms. The van der Waals surface area contributed by atoms with Crippen molar-refractivity contribution in [3.8, 4) is 11.4 Å². The summed E-state index contributed by atoms with van der Waals surface area (Å²) in [6.07, 6.45) is 1.55. The first-order valence-corrected chi connectivity index (χ1v) is 16.4. The molecule has 0 saturated heterocycles. The van der Waals surface area contributed by atoms with Crippen LogP contribution < -0.4 is 10.0 Å². The number of ketones is 1. The highest BCUT2D eigenvalue weighted by molar-refractivity contribution is 7.91. The van der Waals surface area contributed by atoms with Crippen molar-refractivity contribution in [1.82, 2.24) is 25.2 Å². The number of aliphatic imine (C=N–C) groups is 1. The van der Waals surface area contributed by atoms with Crippen LogP contribution in [0.4, 0.5) is 0 Å². The van der Waals surface area contributed by atoms with Crippen molar-refractivity contribution in [2.75, 3.05) is 5.75 Å². The lowest BCUT2D eigenvalue weighted by molar-refractivity contribution is -0.122. The second kappa shape index (κ2) is 12.2. The fourth-order valence-electron chi connectivity index (χ4n) is 4.36. The minimum Gasteiger partial charge on any atom is -0.344 e. The first kappa shape index (κ1) is 29.7. The fourth-order valence-corrected chi connectivity index (χ4v) is 7.05. The zero-order valence-electron chi connectivity index (χ0n) is 22.7. The van der Waals surface area contributed by atoms with E-state index in [-0.39, 0.29) is 40.1 Å². The number of amidine groups is 1. The number of carbonyl (C=O) groups is 2. The summed E-state index contributed by atoms with van der Waals surface area (Å²) >= 11 is 0. The van der Waals surface area contributed by atoms with Crippen LogP contribution in [0, 0.1) is 0 Å². The Morgan fingerprint density at radius 3 is 2.47 bits per heavy atom. The molecule has 222 valence electrons. The van der Waals surface area contributed by atoms with Crippen LogP contribution in [0.1, 0.15) is 35.3 Å². The lowest BCUT2D eigenvalue weighted by Gasteiger charge is -2.18. The Morgan fingerprint density at radius 2 is 1.74 bits per heavy atom. The van der Waals surface area contributed by atoms with Gasteiger partial charge < -0.3 is 9.84 Å². The van der Waals surface area contributed by atoms with Gasteiger partial charge in [-0.3, -0.25) is 24.3 Å². The lowest BCUT2D eigenvalue weighted by atomic mass is 10.1. The molecule has 2 aromatic heterocycles. The number of amides is 1. The maximum atomic E-state index is 13.6. The summed E-state index contributed by atoms with van der Waals surface area (Å²) in [5, 5.41) is 6.38. The molecule has 0 saturated carbocycles. The number of Topliss-reactive ketones (excluding diaryl/α,β-unsaturated/α-hetero) is 1. The number of sulfonamides is 1. The molecule has 0 aliphatic carbocycles. The summed E-state index contributed by atoms with van der Waals surface area (Å²) in [5.74, 6) is -3.20. The Balaban J connectivity index is 1.42. The van der Waals surface area contributed by atoms with Gasteiger partial charge in [0.25, 0.3) is 15.9 Å². The van der Waals surface area contributed by atoms with E-state index >= 15 is 0 Å². The second-order valence-electron chi connectivity index (χ2n) is 9.59. The van der Waals surface area contributed by atoms with E-state index in [4.69, 9.17) is 4.52 Å². The number of fused-ring (bicyclic) bond motifs is 1. The minimum atomic E-state index is -4.00. The molecule has 1 amide bonds. The van der Waals surface area contributed by atoms with Gasteiger partial charge in [0.2, 0.25) is 17.5 Å². The van der Waals surface area contributed by atoms with Crippen molar-refractivity contribution < 1.29 is 30.9 Å². The molecule has 0 fully saturated rings. The molecule has 4 aromatic rings. The smallest absolute Gasteiger partial charge is 0.296 e. The van der Waals surface area contributed by atoms with Crippen molar-refractivity contribution in [3.05, 3.63) is 96.1 Å². The monoisotopic (exact) mass is 622 g/mol. The van der Waals surface area contributed by atoms with E-state index in [1.165, 1.54) is 30.5 Å². The number of nitrogens with one attached hydrogen (secondary N) is 2. The molecule has 13 nitrogen and oxygen atoms in total. The first-order chi connectivity index (χ1) is 20.6. The van der Waals surface area contributed by atoms with E-state index in [0.717, 1.165) is 0 Å². The van der Waals surface area contributed by atoms with E-state index in [9.17, 15) is 26.4 Å². The van der Waals surface area contributed by atoms with Gasteiger partial charge in [-0.05, 0) is 30.7 Å². The van der Waals surface area contributed by atoms with Crippen LogP contribution in [0.15, 0.2) is 93.4 Å². The van der Waals surface area contributed by atoms with Crippen LogP contribution in [-0.4, -0.2) is 67.3 Å². The number of nitrogens with zero attached hydrogens (tertiary/aromatic N) is 4. The summed E-state index contributed by atoms with van der Waals surface area (Å²) in [7, 11) is -7.97. The number of rotatable bonds is 11. The van der Waals surface area contributed by atoms with E-state index in [0.29, 0.717) is 5.56 Å². The van der Waals surface area contributed by atoms with Crippen LogP contribution in [0.5, 0.6) is 0 Å². The van der Waals surface area contributed by atoms with E-state index in [2.05, 4.69) is 30.2 Å². The molecular weight excluding hydrogens is 596 g/mol. The van der Waals surface area contributed by atoms with Gasteiger partial charge in [0.1, 0.15) is 11.9 Å². The number of hydrogen-bond acceptors (Lipinski definition) is 11. The second-order valence-corrected chi connectivity index (χ2v) is 13.4. The molecule has 1 aliphatic rings. The predicted octanol–water partition coefficient (Wildman–Crippen LogP) is 1.93. The van der Waals surface area contributed by atoms with Crippen LogP contribution in [-0.2, 0) is 30.4 Å². The third kappa shape index (κ3) is 6.84. The maximum absolute atomic E-state index is 13.6. The van der Waals surface area contributed by atoms with E-state index in [1.54, 1.807) is 49.4 Å². The molecule has 5 rings (SSSR count). The zero-order valence-corrected chi connectivity index (χ0v) is 24.4. The molecule has 0 bridgehead atoms. The van der Waals surface area contributed by atoms with Crippen LogP contribution in [0.3, 0.4) is 0 Å². The van der Waals surface area contributed by atoms with Crippen molar-refractivity contribution in [2.24, 2.45) is 4.99 Å². The number of carbonyl (C=O) groups excluding carboxylic acids is 2. The SMILES string of the molecule is CC[C@H](NC(=O)[C@H](CS(=O)(=O)Cc1ccccn1)N=C1NS(=O)(=O)c2ccccc21)C(=O)c1nc(-c2ccccc2)no1. The maximum Gasteiger partial charge on any atom is 0.296 e. The molecule has 2 atom stereocenters. The molecule has 43 heavy (non-hydrogen) atoms. The van der Waals surface area contributed by atoms with Crippen molar-refractivity contribution in [1.29, 1.82) is 0 Å². The zero-order chi connectivity index (χ0) is 30.6. The van der Waals surface area contributed by atoms with Gasteiger partial charge >= 0.3 is 0 Å². The van der Waals surface area contributed by atoms with Crippen LogP contribution in [0.25, 0.3) is 11.4 Å². The van der Waals surface area contributed by atoms with Crippen molar-refractivity contribution in [3.63, 3.8) is 0 Å². The lowest BCUT2D eigenvalue weighted by Crippen LogP contribution is -2.47. The Bertz CT molecular complexity index is 1890. The van der Waals surface area contributed by atoms with Gasteiger partial charge in [0.05, 0.1) is 28.1 Å². The molecule has 15 heteroatoms. The number of benzene rings is 2. The highest BCUT2D eigenvalue weighted by Gasteiger charge is 2.35. The summed E-state index contributed by atoms with van der Waals surface area (Å²) in [6, 6.07) is 16.8. The number of pyridine rings is 1.